The third kappa shape index (κ3) is 8.34. The van der Waals surface area contributed by atoms with Gasteiger partial charge in [0.2, 0.25) is 0 Å². The maximum absolute atomic E-state index is 11.3. The van der Waals surface area contributed by atoms with Gasteiger partial charge in [0.15, 0.2) is 10.1 Å². The maximum atomic E-state index is 11.3. The highest BCUT2D eigenvalue weighted by molar-refractivity contribution is 6.29. The summed E-state index contributed by atoms with van der Waals surface area (Å²) >= 11 is 11.7. The van der Waals surface area contributed by atoms with Crippen LogP contribution in [0.15, 0.2) is 46.9 Å². The van der Waals surface area contributed by atoms with Gasteiger partial charge in [-0.25, -0.2) is 30.2 Å². The van der Waals surface area contributed by atoms with Crippen molar-refractivity contribution in [2.45, 2.75) is 39.1 Å². The molecule has 41 heavy (non-hydrogen) atoms. The van der Waals surface area contributed by atoms with E-state index in [9.17, 15) is 20.2 Å². The Morgan fingerprint density at radius 2 is 1.41 bits per heavy atom. The lowest BCUT2D eigenvalue weighted by molar-refractivity contribution is -0.486. The molecule has 2 saturated heterocycles. The quantitative estimate of drug-likeness (QED) is 0.142. The van der Waals surface area contributed by atoms with Crippen molar-refractivity contribution in [2.24, 2.45) is 10.2 Å². The lowest BCUT2D eigenvalue weighted by Gasteiger charge is -2.29. The average Bonchev–Trinajstić information content (AvgIpc) is 3.49. The van der Waals surface area contributed by atoms with Gasteiger partial charge in [-0.3, -0.25) is 0 Å². The van der Waals surface area contributed by atoms with Crippen LogP contribution in [0.25, 0.3) is 0 Å². The first-order valence-electron chi connectivity index (χ1n) is 13.0. The van der Waals surface area contributed by atoms with Gasteiger partial charge in [-0.05, 0) is 36.1 Å². The molecule has 0 aromatic carbocycles. The van der Waals surface area contributed by atoms with Gasteiger partial charge in [-0.15, -0.1) is 0 Å². The van der Waals surface area contributed by atoms with Gasteiger partial charge >= 0.3 is 0 Å². The molecule has 0 spiro atoms. The van der Waals surface area contributed by atoms with E-state index < -0.39 is 16.3 Å². The zero-order valence-corrected chi connectivity index (χ0v) is 23.9. The zero-order chi connectivity index (χ0) is 29.4. The van der Waals surface area contributed by atoms with E-state index in [1.807, 2.05) is 33.8 Å². The standard InChI is InChI=1S/C24H30Cl2N10O5/c1-2-22(34-12-11-33(24(34)30-36(39)40)17-19-5-7-21(26)28-15-19)41-13-3-8-31-9-10-32(23(31)29-35(37)38)16-18-4-6-20(25)27-14-18/h4-7,14-15,22H,2-3,8-13,16-17H2,1H3/b29-23-,30-24-. The molecule has 2 fully saturated rings. The van der Waals surface area contributed by atoms with Crippen LogP contribution in [0.1, 0.15) is 30.9 Å². The van der Waals surface area contributed by atoms with Gasteiger partial charge in [0, 0.05) is 58.2 Å². The maximum Gasteiger partial charge on any atom is 0.276 e. The van der Waals surface area contributed by atoms with E-state index in [1.54, 1.807) is 29.4 Å². The number of halogens is 2. The molecule has 0 amide bonds. The fraction of sp³-hybridized carbons (Fsp3) is 0.500. The van der Waals surface area contributed by atoms with Crippen LogP contribution in [-0.4, -0.2) is 97.1 Å². The topological polar surface area (TPSA) is 159 Å². The lowest BCUT2D eigenvalue weighted by atomic mass is 10.3. The van der Waals surface area contributed by atoms with E-state index in [2.05, 4.69) is 20.2 Å². The molecule has 4 rings (SSSR count). The fourth-order valence-electron chi connectivity index (χ4n) is 4.77. The number of ether oxygens (including phenoxy) is 1. The fourth-order valence-corrected chi connectivity index (χ4v) is 5.00. The Morgan fingerprint density at radius 1 is 0.878 bits per heavy atom. The van der Waals surface area contributed by atoms with E-state index in [0.717, 1.165) is 11.1 Å². The minimum atomic E-state index is -0.705. The number of hydrogen-bond donors (Lipinski definition) is 0. The Bertz CT molecular complexity index is 1260. The largest absolute Gasteiger partial charge is 0.358 e. The van der Waals surface area contributed by atoms with E-state index in [4.69, 9.17) is 27.9 Å². The van der Waals surface area contributed by atoms with Gasteiger partial charge in [0.25, 0.3) is 11.9 Å². The minimum Gasteiger partial charge on any atom is -0.358 e. The Morgan fingerprint density at radius 3 is 1.95 bits per heavy atom. The van der Waals surface area contributed by atoms with Crippen molar-refractivity contribution in [1.29, 1.82) is 0 Å². The van der Waals surface area contributed by atoms with E-state index >= 15 is 0 Å². The van der Waals surface area contributed by atoms with Gasteiger partial charge in [0.05, 0.1) is 6.61 Å². The molecule has 15 nitrogen and oxygen atoms in total. The average molecular weight is 609 g/mol. The molecule has 4 heterocycles. The van der Waals surface area contributed by atoms with Gasteiger partial charge in [-0.2, -0.15) is 0 Å². The van der Waals surface area contributed by atoms with Gasteiger partial charge in [0.1, 0.15) is 26.7 Å². The molecule has 0 saturated carbocycles. The first kappa shape index (κ1) is 30.1. The smallest absolute Gasteiger partial charge is 0.276 e. The summed E-state index contributed by atoms with van der Waals surface area (Å²) in [6.45, 7) is 5.75. The summed E-state index contributed by atoms with van der Waals surface area (Å²) in [6.07, 6.45) is 3.98. The molecule has 0 N–H and O–H groups in total. The van der Waals surface area contributed by atoms with Crippen LogP contribution in [-0.2, 0) is 17.8 Å². The van der Waals surface area contributed by atoms with Crippen LogP contribution >= 0.6 is 23.2 Å². The summed E-state index contributed by atoms with van der Waals surface area (Å²) in [5, 5.41) is 29.2. The molecule has 2 aliphatic heterocycles. The van der Waals surface area contributed by atoms with Crippen molar-refractivity contribution in [2.75, 3.05) is 39.3 Å². The molecule has 2 aliphatic rings. The van der Waals surface area contributed by atoms with E-state index in [1.165, 1.54) is 0 Å². The SMILES string of the molecule is CCC(OCCCN1CCN(Cc2ccc(Cl)nc2)/C1=N\[N+](=O)[O-])N1CCN(Cc2ccc(Cl)nc2)/C1=N/[N+](=O)[O-]. The third-order valence-corrected chi connectivity index (χ3v) is 7.05. The van der Waals surface area contributed by atoms with Crippen LogP contribution in [0.3, 0.4) is 0 Å². The van der Waals surface area contributed by atoms with Gasteiger partial charge in [-0.1, -0.05) is 42.3 Å². The summed E-state index contributed by atoms with van der Waals surface area (Å²) in [6, 6.07) is 6.98. The van der Waals surface area contributed by atoms with Crippen molar-refractivity contribution in [1.82, 2.24) is 29.6 Å². The highest BCUT2D eigenvalue weighted by Gasteiger charge is 2.35. The van der Waals surface area contributed by atoms with Crippen LogP contribution < -0.4 is 0 Å². The first-order chi connectivity index (χ1) is 19.7. The summed E-state index contributed by atoms with van der Waals surface area (Å²) in [7, 11) is 0. The second-order valence-corrected chi connectivity index (χ2v) is 10.1. The summed E-state index contributed by atoms with van der Waals surface area (Å²) in [5.74, 6) is 0.508. The van der Waals surface area contributed by atoms with Crippen LogP contribution in [0.5, 0.6) is 0 Å². The van der Waals surface area contributed by atoms with Crippen molar-refractivity contribution in [3.05, 3.63) is 78.3 Å². The normalized spacial score (nSPS) is 18.1. The van der Waals surface area contributed by atoms with Gasteiger partial charge < -0.3 is 24.3 Å². The number of aromatic nitrogens is 2. The number of hydrazone groups is 2. The summed E-state index contributed by atoms with van der Waals surface area (Å²) < 4.78 is 6.14. The number of rotatable bonds is 13. The van der Waals surface area contributed by atoms with Crippen LogP contribution in [0.4, 0.5) is 0 Å². The second kappa shape index (κ2) is 14.2. The summed E-state index contributed by atoms with van der Waals surface area (Å²) in [4.78, 5) is 38.0. The van der Waals surface area contributed by atoms with Crippen LogP contribution in [0.2, 0.25) is 10.3 Å². The molecule has 1 atom stereocenters. The van der Waals surface area contributed by atoms with Crippen molar-refractivity contribution < 1.29 is 14.8 Å². The molecule has 0 aliphatic carbocycles. The van der Waals surface area contributed by atoms with Crippen LogP contribution in [0, 0.1) is 20.2 Å². The van der Waals surface area contributed by atoms with Crippen molar-refractivity contribution >= 4 is 35.1 Å². The predicted octanol–water partition coefficient (Wildman–Crippen LogP) is 2.96. The Labute approximate surface area is 246 Å². The monoisotopic (exact) mass is 608 g/mol. The number of guanidine groups is 2. The highest BCUT2D eigenvalue weighted by atomic mass is 35.5. The summed E-state index contributed by atoms with van der Waals surface area (Å²) in [5.41, 5.74) is 1.71. The predicted molar refractivity (Wildman–Crippen MR) is 151 cm³/mol. The highest BCUT2D eigenvalue weighted by Crippen LogP contribution is 2.20. The lowest BCUT2D eigenvalue weighted by Crippen LogP contribution is -2.42. The Hall–Kier alpha value is -3.82. The Kier molecular flexibility index (Phi) is 10.4. The number of nitro groups is 2. The van der Waals surface area contributed by atoms with E-state index in [0.29, 0.717) is 75.6 Å². The number of nitrogens with zero attached hydrogens (tertiary/aromatic N) is 10. The molecule has 17 heteroatoms. The molecular weight excluding hydrogens is 579 g/mol. The third-order valence-electron chi connectivity index (χ3n) is 6.60. The van der Waals surface area contributed by atoms with E-state index in [-0.39, 0.29) is 11.9 Å². The second-order valence-electron chi connectivity index (χ2n) is 9.36. The first-order valence-corrected chi connectivity index (χ1v) is 13.8. The Balaban J connectivity index is 1.33. The number of pyridine rings is 2. The molecular formula is C24H30Cl2N10O5. The molecule has 2 aromatic heterocycles. The molecule has 1 unspecified atom stereocenters. The van der Waals surface area contributed by atoms with Crippen molar-refractivity contribution in [3.8, 4) is 0 Å². The molecule has 0 radical (unpaired) electrons. The molecule has 0 bridgehead atoms. The zero-order valence-electron chi connectivity index (χ0n) is 22.4. The van der Waals surface area contributed by atoms with Crippen molar-refractivity contribution in [3.63, 3.8) is 0 Å². The molecule has 220 valence electrons. The molecule has 2 aromatic rings. The minimum absolute atomic E-state index is 0.226. The number of hydrogen-bond acceptors (Lipinski definition) is 7.